The number of anilines is 1. The number of pyridine rings is 1. The monoisotopic (exact) mass is 496 g/mol. The molecular weight excluding hydrogens is 464 g/mol. The van der Waals surface area contributed by atoms with Gasteiger partial charge in [-0.1, -0.05) is 24.4 Å². The zero-order chi connectivity index (χ0) is 24.2. The van der Waals surface area contributed by atoms with Crippen molar-refractivity contribution in [3.63, 3.8) is 0 Å². The van der Waals surface area contributed by atoms with Gasteiger partial charge in [0.05, 0.1) is 23.5 Å². The number of fused-ring (bicyclic) bond motifs is 1. The van der Waals surface area contributed by atoms with Crippen LogP contribution in [-0.4, -0.2) is 65.1 Å². The van der Waals surface area contributed by atoms with Gasteiger partial charge in [0.1, 0.15) is 23.7 Å². The molecule has 5 rings (SSSR count). The minimum atomic E-state index is 0.157. The number of imidazole rings is 1. The van der Waals surface area contributed by atoms with E-state index in [4.69, 9.17) is 21.3 Å². The lowest BCUT2D eigenvalue weighted by Gasteiger charge is -2.30. The number of rotatable bonds is 8. The van der Waals surface area contributed by atoms with Crippen molar-refractivity contribution in [2.75, 3.05) is 38.6 Å². The predicted octanol–water partition coefficient (Wildman–Crippen LogP) is 4.47. The Morgan fingerprint density at radius 2 is 1.91 bits per heavy atom. The number of H-pyrrole nitrogens is 1. The van der Waals surface area contributed by atoms with Crippen molar-refractivity contribution in [2.45, 2.75) is 44.6 Å². The van der Waals surface area contributed by atoms with Gasteiger partial charge in [-0.3, -0.25) is 4.79 Å². The van der Waals surface area contributed by atoms with Crippen molar-refractivity contribution in [2.24, 2.45) is 5.92 Å². The first-order chi connectivity index (χ1) is 17.1. The SMILES string of the molecule is CN1CCC(Nc2c(Cl)cnc3[nH]c(-c4ccc(OCCNC(=O)C5CCCC5)cc4)nc23)CC1. The predicted molar refractivity (Wildman–Crippen MR) is 139 cm³/mol. The van der Waals surface area contributed by atoms with E-state index < -0.39 is 0 Å². The summed E-state index contributed by atoms with van der Waals surface area (Å²) in [6.07, 6.45) is 8.14. The van der Waals surface area contributed by atoms with Crippen LogP contribution in [0.5, 0.6) is 5.75 Å². The molecule has 2 fully saturated rings. The van der Waals surface area contributed by atoms with Crippen LogP contribution in [0.3, 0.4) is 0 Å². The van der Waals surface area contributed by atoms with E-state index in [1.807, 2.05) is 24.3 Å². The molecule has 1 saturated carbocycles. The number of ether oxygens (including phenoxy) is 1. The third-order valence-corrected chi connectivity index (χ3v) is 7.34. The standard InChI is InChI=1S/C26H33ClN6O2/c1-33-13-10-19(11-14-33)30-22-21(27)16-29-25-23(22)31-24(32-25)17-6-8-20(9-7-17)35-15-12-28-26(34)18-4-2-3-5-18/h6-9,16,18-19H,2-5,10-15H2,1H3,(H,28,34)(H2,29,30,31,32). The topological polar surface area (TPSA) is 95.2 Å². The Bertz CT molecular complexity index is 1150. The molecule has 0 bridgehead atoms. The van der Waals surface area contributed by atoms with E-state index in [9.17, 15) is 4.79 Å². The molecule has 0 spiro atoms. The number of aromatic nitrogens is 3. The maximum Gasteiger partial charge on any atom is 0.223 e. The van der Waals surface area contributed by atoms with Gasteiger partial charge in [-0.2, -0.15) is 0 Å². The van der Waals surface area contributed by atoms with Crippen LogP contribution < -0.4 is 15.4 Å². The van der Waals surface area contributed by atoms with Crippen LogP contribution in [0.25, 0.3) is 22.6 Å². The average molecular weight is 497 g/mol. The lowest BCUT2D eigenvalue weighted by Crippen LogP contribution is -2.36. The van der Waals surface area contributed by atoms with Crippen LogP contribution in [0.1, 0.15) is 38.5 Å². The van der Waals surface area contributed by atoms with E-state index in [0.29, 0.717) is 29.9 Å². The Kier molecular flexibility index (Phi) is 7.39. The Morgan fingerprint density at radius 3 is 2.66 bits per heavy atom. The molecule has 8 nitrogen and oxygen atoms in total. The number of amides is 1. The molecule has 1 aliphatic heterocycles. The summed E-state index contributed by atoms with van der Waals surface area (Å²) >= 11 is 6.51. The molecule has 3 aromatic rings. The number of halogens is 1. The molecule has 35 heavy (non-hydrogen) atoms. The number of carbonyl (C=O) groups excluding carboxylic acids is 1. The quantitative estimate of drug-likeness (QED) is 0.398. The molecule has 0 atom stereocenters. The fraction of sp³-hybridized carbons (Fsp3) is 0.500. The number of nitrogens with zero attached hydrogens (tertiary/aromatic N) is 3. The van der Waals surface area contributed by atoms with E-state index in [0.717, 1.165) is 80.0 Å². The lowest BCUT2D eigenvalue weighted by atomic mass is 10.1. The molecule has 9 heteroatoms. The van der Waals surface area contributed by atoms with Crippen LogP contribution in [0.15, 0.2) is 30.5 Å². The van der Waals surface area contributed by atoms with Gasteiger partial charge in [-0.05, 0) is 70.1 Å². The number of piperidine rings is 1. The number of hydrogen-bond donors (Lipinski definition) is 3. The summed E-state index contributed by atoms with van der Waals surface area (Å²) in [7, 11) is 2.15. The Labute approximate surface area is 210 Å². The largest absolute Gasteiger partial charge is 0.492 e. The highest BCUT2D eigenvalue weighted by Crippen LogP contribution is 2.32. The van der Waals surface area contributed by atoms with E-state index in [-0.39, 0.29) is 11.8 Å². The van der Waals surface area contributed by atoms with E-state index in [2.05, 4.69) is 32.5 Å². The van der Waals surface area contributed by atoms with Gasteiger partial charge < -0.3 is 25.3 Å². The number of hydrogen-bond acceptors (Lipinski definition) is 6. The molecule has 0 radical (unpaired) electrons. The normalized spacial score (nSPS) is 17.7. The summed E-state index contributed by atoms with van der Waals surface area (Å²) in [5, 5.41) is 7.17. The molecule has 186 valence electrons. The van der Waals surface area contributed by atoms with Gasteiger partial charge >= 0.3 is 0 Å². The van der Waals surface area contributed by atoms with Crippen LogP contribution in [0.4, 0.5) is 5.69 Å². The van der Waals surface area contributed by atoms with Crippen molar-refractivity contribution in [3.8, 4) is 17.1 Å². The second-order valence-corrected chi connectivity index (χ2v) is 10.0. The highest BCUT2D eigenvalue weighted by molar-refractivity contribution is 6.34. The molecule has 1 amide bonds. The molecule has 1 saturated heterocycles. The first-order valence-corrected chi connectivity index (χ1v) is 12.9. The number of aromatic amines is 1. The lowest BCUT2D eigenvalue weighted by molar-refractivity contribution is -0.124. The van der Waals surface area contributed by atoms with Gasteiger partial charge in [0.15, 0.2) is 5.65 Å². The van der Waals surface area contributed by atoms with Crippen molar-refractivity contribution < 1.29 is 9.53 Å². The zero-order valence-corrected chi connectivity index (χ0v) is 20.9. The third kappa shape index (κ3) is 5.70. The minimum Gasteiger partial charge on any atom is -0.492 e. The molecule has 1 aromatic carbocycles. The first-order valence-electron chi connectivity index (χ1n) is 12.6. The van der Waals surface area contributed by atoms with Gasteiger partial charge in [-0.15, -0.1) is 0 Å². The molecule has 2 aliphatic rings. The van der Waals surface area contributed by atoms with Crippen molar-refractivity contribution in [1.82, 2.24) is 25.2 Å². The number of carbonyl (C=O) groups is 1. The summed E-state index contributed by atoms with van der Waals surface area (Å²) < 4.78 is 5.81. The third-order valence-electron chi connectivity index (χ3n) is 7.06. The Morgan fingerprint density at radius 1 is 1.17 bits per heavy atom. The average Bonchev–Trinajstić information content (AvgIpc) is 3.56. The summed E-state index contributed by atoms with van der Waals surface area (Å²) in [6.45, 7) is 3.09. The summed E-state index contributed by atoms with van der Waals surface area (Å²) in [4.78, 5) is 27.0. The smallest absolute Gasteiger partial charge is 0.223 e. The molecular formula is C26H33ClN6O2. The number of nitrogens with one attached hydrogen (secondary N) is 3. The summed E-state index contributed by atoms with van der Waals surface area (Å²) in [5.41, 5.74) is 3.24. The van der Waals surface area contributed by atoms with Gasteiger partial charge in [0.25, 0.3) is 0 Å². The summed E-state index contributed by atoms with van der Waals surface area (Å²) in [5.74, 6) is 1.83. The second kappa shape index (κ2) is 10.8. The van der Waals surface area contributed by atoms with E-state index in [1.54, 1.807) is 6.20 Å². The maximum absolute atomic E-state index is 12.1. The molecule has 2 aromatic heterocycles. The Balaban J connectivity index is 1.21. The highest BCUT2D eigenvalue weighted by atomic mass is 35.5. The highest BCUT2D eigenvalue weighted by Gasteiger charge is 2.22. The van der Waals surface area contributed by atoms with Gasteiger partial charge in [0, 0.05) is 17.5 Å². The van der Waals surface area contributed by atoms with E-state index >= 15 is 0 Å². The van der Waals surface area contributed by atoms with Crippen molar-refractivity contribution >= 4 is 34.4 Å². The first kappa shape index (κ1) is 23.9. The molecule has 3 N–H and O–H groups in total. The fourth-order valence-electron chi connectivity index (χ4n) is 4.95. The van der Waals surface area contributed by atoms with Crippen molar-refractivity contribution in [1.29, 1.82) is 0 Å². The van der Waals surface area contributed by atoms with Gasteiger partial charge in [0.2, 0.25) is 5.91 Å². The van der Waals surface area contributed by atoms with E-state index in [1.165, 1.54) is 0 Å². The van der Waals surface area contributed by atoms with Gasteiger partial charge in [-0.25, -0.2) is 9.97 Å². The number of likely N-dealkylation sites (tertiary alicyclic amines) is 1. The van der Waals surface area contributed by atoms with Crippen LogP contribution in [-0.2, 0) is 4.79 Å². The second-order valence-electron chi connectivity index (χ2n) is 9.63. The minimum absolute atomic E-state index is 0.157. The van der Waals surface area contributed by atoms with Crippen LogP contribution >= 0.6 is 11.6 Å². The van der Waals surface area contributed by atoms with Crippen molar-refractivity contribution in [3.05, 3.63) is 35.5 Å². The van der Waals surface area contributed by atoms with Crippen LogP contribution in [0, 0.1) is 5.92 Å². The number of benzene rings is 1. The molecule has 1 aliphatic carbocycles. The molecule has 0 unspecified atom stereocenters. The fourth-order valence-corrected chi connectivity index (χ4v) is 5.14. The maximum atomic E-state index is 12.1. The zero-order valence-electron chi connectivity index (χ0n) is 20.1. The summed E-state index contributed by atoms with van der Waals surface area (Å²) in [6, 6.07) is 8.14. The van der Waals surface area contributed by atoms with Crippen LogP contribution in [0.2, 0.25) is 5.02 Å². The molecule has 3 heterocycles. The Hall–Kier alpha value is -2.84.